The highest BCUT2D eigenvalue weighted by molar-refractivity contribution is 6.31. The lowest BCUT2D eigenvalue weighted by Gasteiger charge is -2.09. The van der Waals surface area contributed by atoms with Gasteiger partial charge in [-0.1, -0.05) is 23.7 Å². The first-order chi connectivity index (χ1) is 10.9. The second-order valence-electron chi connectivity index (χ2n) is 4.72. The molecule has 0 aliphatic heterocycles. The number of aromatic hydroxyl groups is 1. The molecule has 0 aliphatic carbocycles. The van der Waals surface area contributed by atoms with Crippen molar-refractivity contribution >= 4 is 29.2 Å². The molecule has 0 radical (unpaired) electrons. The van der Waals surface area contributed by atoms with Crippen molar-refractivity contribution in [3.63, 3.8) is 0 Å². The molecule has 7 heteroatoms. The number of phenols is 1. The maximum absolute atomic E-state index is 13.0. The zero-order valence-corrected chi connectivity index (χ0v) is 12.9. The van der Waals surface area contributed by atoms with E-state index in [-0.39, 0.29) is 22.0 Å². The SMILES string of the molecule is Cc1cccc(C(=O)OCC(=O)Nc2ccc(F)c(Cl)c2)c1O. The van der Waals surface area contributed by atoms with Gasteiger partial charge in [0, 0.05) is 5.69 Å². The van der Waals surface area contributed by atoms with E-state index in [2.05, 4.69) is 5.32 Å². The molecule has 0 aliphatic rings. The van der Waals surface area contributed by atoms with Gasteiger partial charge in [0.05, 0.1) is 5.02 Å². The van der Waals surface area contributed by atoms with Gasteiger partial charge in [-0.05, 0) is 36.8 Å². The molecule has 2 aromatic rings. The number of esters is 1. The second-order valence-corrected chi connectivity index (χ2v) is 5.13. The average Bonchev–Trinajstić information content (AvgIpc) is 2.51. The van der Waals surface area contributed by atoms with Crippen LogP contribution in [0.5, 0.6) is 5.75 Å². The Morgan fingerprint density at radius 2 is 2.04 bits per heavy atom. The van der Waals surface area contributed by atoms with Crippen LogP contribution in [0.4, 0.5) is 10.1 Å². The molecule has 0 saturated carbocycles. The van der Waals surface area contributed by atoms with Crippen molar-refractivity contribution in [2.24, 2.45) is 0 Å². The van der Waals surface area contributed by atoms with Crippen molar-refractivity contribution in [3.8, 4) is 5.75 Å². The molecule has 0 unspecified atom stereocenters. The minimum atomic E-state index is -0.821. The van der Waals surface area contributed by atoms with Gasteiger partial charge in [-0.15, -0.1) is 0 Å². The summed E-state index contributed by atoms with van der Waals surface area (Å²) in [5, 5.41) is 12.1. The maximum atomic E-state index is 13.0. The Hall–Kier alpha value is -2.60. The van der Waals surface area contributed by atoms with Crippen molar-refractivity contribution in [1.82, 2.24) is 0 Å². The van der Waals surface area contributed by atoms with Crippen LogP contribution in [-0.4, -0.2) is 23.6 Å². The minimum absolute atomic E-state index is 0.0253. The molecule has 0 atom stereocenters. The van der Waals surface area contributed by atoms with Gasteiger partial charge in [0.2, 0.25) is 0 Å². The number of benzene rings is 2. The number of hydrogen-bond donors (Lipinski definition) is 2. The third-order valence-corrected chi connectivity index (χ3v) is 3.29. The number of ether oxygens (including phenoxy) is 1. The Labute approximate surface area is 136 Å². The lowest BCUT2D eigenvalue weighted by Crippen LogP contribution is -2.21. The third-order valence-electron chi connectivity index (χ3n) is 3.00. The smallest absolute Gasteiger partial charge is 0.342 e. The van der Waals surface area contributed by atoms with Gasteiger partial charge in [0.1, 0.15) is 17.1 Å². The molecule has 0 aromatic heterocycles. The summed E-state index contributed by atoms with van der Waals surface area (Å²) in [6, 6.07) is 8.29. The molecule has 0 saturated heterocycles. The normalized spacial score (nSPS) is 10.2. The van der Waals surface area contributed by atoms with E-state index in [4.69, 9.17) is 16.3 Å². The van der Waals surface area contributed by atoms with Gasteiger partial charge in [0.15, 0.2) is 6.61 Å². The molecule has 5 nitrogen and oxygen atoms in total. The molecule has 0 bridgehead atoms. The molecule has 0 fully saturated rings. The Bertz CT molecular complexity index is 764. The van der Waals surface area contributed by atoms with Crippen LogP contribution in [-0.2, 0) is 9.53 Å². The highest BCUT2D eigenvalue weighted by Gasteiger charge is 2.15. The number of rotatable bonds is 4. The summed E-state index contributed by atoms with van der Waals surface area (Å²) in [5.74, 6) is -2.24. The Morgan fingerprint density at radius 1 is 1.30 bits per heavy atom. The summed E-state index contributed by atoms with van der Waals surface area (Å²) in [7, 11) is 0. The Kier molecular flexibility index (Phi) is 5.18. The monoisotopic (exact) mass is 337 g/mol. The Morgan fingerprint density at radius 3 is 2.74 bits per heavy atom. The predicted octanol–water partition coefficient (Wildman–Crippen LogP) is 3.29. The number of aryl methyl sites for hydroxylation is 1. The van der Waals surface area contributed by atoms with Crippen LogP contribution in [0.2, 0.25) is 5.02 Å². The second kappa shape index (κ2) is 7.11. The van der Waals surface area contributed by atoms with E-state index >= 15 is 0 Å². The number of phenolic OH excluding ortho intramolecular Hbond substituents is 1. The largest absolute Gasteiger partial charge is 0.507 e. The molecule has 1 amide bonds. The molecule has 120 valence electrons. The standard InChI is InChI=1S/C16H13ClFNO4/c1-9-3-2-4-11(15(9)21)16(22)23-8-14(20)19-10-5-6-13(18)12(17)7-10/h2-7,21H,8H2,1H3,(H,19,20). The molecular formula is C16H13ClFNO4. The number of carbonyl (C=O) groups excluding carboxylic acids is 2. The highest BCUT2D eigenvalue weighted by atomic mass is 35.5. The van der Waals surface area contributed by atoms with Crippen LogP contribution in [0.3, 0.4) is 0 Å². The van der Waals surface area contributed by atoms with Crippen molar-refractivity contribution in [1.29, 1.82) is 0 Å². The quantitative estimate of drug-likeness (QED) is 0.839. The predicted molar refractivity (Wildman–Crippen MR) is 83.2 cm³/mol. The molecule has 0 spiro atoms. The van der Waals surface area contributed by atoms with Crippen LogP contribution >= 0.6 is 11.6 Å². The highest BCUT2D eigenvalue weighted by Crippen LogP contribution is 2.22. The fourth-order valence-corrected chi connectivity index (χ4v) is 1.98. The van der Waals surface area contributed by atoms with Gasteiger partial charge in [0.25, 0.3) is 5.91 Å². The topological polar surface area (TPSA) is 75.6 Å². The van der Waals surface area contributed by atoms with Gasteiger partial charge in [-0.3, -0.25) is 4.79 Å². The zero-order valence-electron chi connectivity index (χ0n) is 12.1. The lowest BCUT2D eigenvalue weighted by molar-refractivity contribution is -0.119. The summed E-state index contributed by atoms with van der Waals surface area (Å²) in [5.41, 5.74) is 0.767. The van der Waals surface area contributed by atoms with Crippen molar-refractivity contribution < 1.29 is 23.8 Å². The lowest BCUT2D eigenvalue weighted by atomic mass is 10.1. The van der Waals surface area contributed by atoms with Crippen LogP contribution in [0, 0.1) is 12.7 Å². The molecule has 0 heterocycles. The first-order valence-electron chi connectivity index (χ1n) is 6.59. The van der Waals surface area contributed by atoms with Gasteiger partial charge in [-0.2, -0.15) is 0 Å². The van der Waals surface area contributed by atoms with Gasteiger partial charge in [-0.25, -0.2) is 9.18 Å². The van der Waals surface area contributed by atoms with E-state index in [9.17, 15) is 19.1 Å². The first-order valence-corrected chi connectivity index (χ1v) is 6.97. The maximum Gasteiger partial charge on any atom is 0.342 e. The average molecular weight is 338 g/mol. The molecule has 23 heavy (non-hydrogen) atoms. The van der Waals surface area contributed by atoms with Crippen molar-refractivity contribution in [2.45, 2.75) is 6.92 Å². The summed E-state index contributed by atoms with van der Waals surface area (Å²) < 4.78 is 17.8. The number of para-hydroxylation sites is 1. The van der Waals surface area contributed by atoms with Gasteiger partial charge < -0.3 is 15.2 Å². The molecule has 2 N–H and O–H groups in total. The summed E-state index contributed by atoms with van der Waals surface area (Å²) in [4.78, 5) is 23.5. The number of amides is 1. The molecule has 2 aromatic carbocycles. The van der Waals surface area contributed by atoms with Crippen LogP contribution < -0.4 is 5.32 Å². The van der Waals surface area contributed by atoms with E-state index in [1.165, 1.54) is 18.2 Å². The number of anilines is 1. The van der Waals surface area contributed by atoms with E-state index in [1.807, 2.05) is 0 Å². The minimum Gasteiger partial charge on any atom is -0.507 e. The first kappa shape index (κ1) is 16.8. The van der Waals surface area contributed by atoms with Gasteiger partial charge >= 0.3 is 5.97 Å². The number of nitrogens with one attached hydrogen (secondary N) is 1. The number of halogens is 2. The van der Waals surface area contributed by atoms with E-state index in [0.717, 1.165) is 6.07 Å². The fourth-order valence-electron chi connectivity index (χ4n) is 1.80. The number of carbonyl (C=O) groups is 2. The molecule has 2 rings (SSSR count). The summed E-state index contributed by atoms with van der Waals surface area (Å²) in [6.45, 7) is 1.08. The van der Waals surface area contributed by atoms with E-state index in [0.29, 0.717) is 5.56 Å². The van der Waals surface area contributed by atoms with Crippen molar-refractivity contribution in [2.75, 3.05) is 11.9 Å². The van der Waals surface area contributed by atoms with Crippen LogP contribution in [0.15, 0.2) is 36.4 Å². The van der Waals surface area contributed by atoms with E-state index < -0.39 is 24.3 Å². The third kappa shape index (κ3) is 4.20. The summed E-state index contributed by atoms with van der Waals surface area (Å²) in [6.07, 6.45) is 0. The summed E-state index contributed by atoms with van der Waals surface area (Å²) >= 11 is 5.60. The Balaban J connectivity index is 1.94. The number of hydrogen-bond acceptors (Lipinski definition) is 4. The van der Waals surface area contributed by atoms with E-state index in [1.54, 1.807) is 19.1 Å². The van der Waals surface area contributed by atoms with Crippen molar-refractivity contribution in [3.05, 3.63) is 58.4 Å². The van der Waals surface area contributed by atoms with Crippen LogP contribution in [0.25, 0.3) is 0 Å². The van der Waals surface area contributed by atoms with Crippen LogP contribution in [0.1, 0.15) is 15.9 Å². The molecular weight excluding hydrogens is 325 g/mol. The zero-order chi connectivity index (χ0) is 17.0. The fraction of sp³-hybridized carbons (Fsp3) is 0.125.